The molecule has 1 spiro atoms. The number of nitrogens with one attached hydrogen (secondary N) is 10. The van der Waals surface area contributed by atoms with Gasteiger partial charge in [0.1, 0.15) is 78.3 Å². The maximum absolute atomic E-state index is 15.6. The standard InChI is InChI=1S/C90H117N19O17S/c1-10-11-34-70-86(124)105(6)50-74(112)95-67(47-77(115)116)83(121)100-78(55(4)5)88(126)107(8)71(44-57-28-18-13-19-29-57)84(122)101-90(39-24-15-25-40-90)89-102-103-104-109(89)51-75(113)94-66(46-60-48-92-63-33-23-22-32-62(60)63)82(120)98-65(42-59-35-37-61(110)38-36-59)81(119)97-64(41-54(2)3)80(118)99-69(79(117)93-49-73(91)111)52-127-53-76(114)96-68(43-56-26-16-12-17-27-56)85(123)108(9)72(87(125)106(70)7)45-58-30-20-14-21-31-58/h12-14,16-23,26-33,35-38,48,54-55,64-72,78,92,110H,10-11,15,24-25,34,39-47,49-53H2,1-9H3,(H2,91,111)(H,93,117)(H,94,113)(H,95,112)(H,96,114)(H,97,119)(H,98,120)(H,99,118)(H,100,121)(H,101,122)(H,115,116)/t64-,65-,66-,67-,68-,69-,70-,71-,72-,78-/m0/s1. The summed E-state index contributed by atoms with van der Waals surface area (Å²) < 4.78 is 1.19. The van der Waals surface area contributed by atoms with Crippen molar-refractivity contribution in [2.45, 2.75) is 203 Å². The van der Waals surface area contributed by atoms with E-state index in [-0.39, 0.29) is 81.0 Å². The van der Waals surface area contributed by atoms with Gasteiger partial charge in [0.25, 0.3) is 0 Å². The van der Waals surface area contributed by atoms with E-state index >= 15 is 38.4 Å². The van der Waals surface area contributed by atoms with Crippen molar-refractivity contribution in [1.82, 2.24) is 92.6 Å². The molecule has 1 aliphatic carbocycles. The van der Waals surface area contributed by atoms with Crippen molar-refractivity contribution in [2.24, 2.45) is 17.6 Å². The van der Waals surface area contributed by atoms with Crippen LogP contribution in [0.25, 0.3) is 10.9 Å². The molecule has 36 nitrogen and oxygen atoms in total. The number of carbonyl (C=O) groups is 15. The first-order valence-corrected chi connectivity index (χ1v) is 43.8. The van der Waals surface area contributed by atoms with Gasteiger partial charge < -0.3 is 88.4 Å². The molecule has 7 aromatic rings. The van der Waals surface area contributed by atoms with E-state index in [2.05, 4.69) is 68.4 Å². The number of aromatic amines is 1. The van der Waals surface area contributed by atoms with Gasteiger partial charge in [0.15, 0.2) is 5.82 Å². The highest BCUT2D eigenvalue weighted by atomic mass is 32.2. The zero-order valence-corrected chi connectivity index (χ0v) is 73.8. The van der Waals surface area contributed by atoms with E-state index in [0.29, 0.717) is 64.4 Å². The number of fused-ring (bicyclic) bond motifs is 3. The Kier molecular flexibility index (Phi) is 36.0. The molecule has 680 valence electrons. The number of thioether (sulfide) groups is 1. The van der Waals surface area contributed by atoms with Gasteiger partial charge in [-0.15, -0.1) is 16.9 Å². The van der Waals surface area contributed by atoms with Gasteiger partial charge in [-0.05, 0) is 94.0 Å². The minimum atomic E-state index is -1.86. The number of unbranched alkanes of at least 4 members (excludes halogenated alkanes) is 1. The number of carbonyl (C=O) groups excluding carboxylic acids is 14. The highest BCUT2D eigenvalue weighted by Crippen LogP contribution is 2.37. The van der Waals surface area contributed by atoms with E-state index in [1.165, 1.54) is 66.9 Å². The van der Waals surface area contributed by atoms with E-state index in [1.54, 1.807) is 137 Å². The number of tetrazole rings is 1. The summed E-state index contributed by atoms with van der Waals surface area (Å²) >= 11 is 0.846. The lowest BCUT2D eigenvalue weighted by atomic mass is 9.80. The molecule has 2 aromatic heterocycles. The second-order valence-electron chi connectivity index (χ2n) is 33.2. The lowest BCUT2D eigenvalue weighted by Gasteiger charge is -2.39. The molecule has 127 heavy (non-hydrogen) atoms. The number of nitrogens with zero attached hydrogens (tertiary/aromatic N) is 8. The van der Waals surface area contributed by atoms with E-state index in [1.807, 2.05) is 19.1 Å². The lowest BCUT2D eigenvalue weighted by Crippen LogP contribution is -2.61. The van der Waals surface area contributed by atoms with Crippen LogP contribution in [0.4, 0.5) is 0 Å². The van der Waals surface area contributed by atoms with Gasteiger partial charge in [-0.1, -0.05) is 188 Å². The fraction of sp³-hybridized carbons (Fsp3) is 0.467. The molecule has 37 heteroatoms. The van der Waals surface area contributed by atoms with Crippen LogP contribution >= 0.6 is 11.8 Å². The molecule has 0 saturated heterocycles. The number of carboxylic acid groups (broad SMARTS) is 1. The number of phenolic OH excluding ortho intramolecular Hbond substituents is 1. The van der Waals surface area contributed by atoms with E-state index < -0.39 is 192 Å². The van der Waals surface area contributed by atoms with Crippen molar-refractivity contribution in [2.75, 3.05) is 52.8 Å². The molecular formula is C90H117N19O17S. The van der Waals surface area contributed by atoms with Crippen LogP contribution in [0.15, 0.2) is 146 Å². The number of hydrogen-bond acceptors (Lipinski definition) is 20. The topological polar surface area (TPSA) is 503 Å². The fourth-order valence-electron chi connectivity index (χ4n) is 15.7. The van der Waals surface area contributed by atoms with Gasteiger partial charge in [-0.25, -0.2) is 4.68 Å². The normalized spacial score (nSPS) is 22.3. The van der Waals surface area contributed by atoms with Gasteiger partial charge >= 0.3 is 5.97 Å². The quantitative estimate of drug-likeness (QED) is 0.0491. The Labute approximate surface area is 741 Å². The third-order valence-corrected chi connectivity index (χ3v) is 23.7. The van der Waals surface area contributed by atoms with Gasteiger partial charge in [0, 0.05) is 83.1 Å². The Morgan fingerprint density at radius 3 is 1.69 bits per heavy atom. The Morgan fingerprint density at radius 1 is 0.551 bits per heavy atom. The summed E-state index contributed by atoms with van der Waals surface area (Å²) in [5, 5.41) is 58.8. The largest absolute Gasteiger partial charge is 0.508 e. The van der Waals surface area contributed by atoms with E-state index in [4.69, 9.17) is 5.73 Å². The predicted octanol–water partition coefficient (Wildman–Crippen LogP) is 2.40. The van der Waals surface area contributed by atoms with Crippen LogP contribution in [-0.2, 0) is 116 Å². The van der Waals surface area contributed by atoms with Crippen LogP contribution < -0.4 is 53.6 Å². The summed E-state index contributed by atoms with van der Waals surface area (Å²) in [6.45, 7) is 6.51. The molecule has 14 N–H and O–H groups in total. The molecule has 1 fully saturated rings. The maximum atomic E-state index is 15.6. The fourth-order valence-corrected chi connectivity index (χ4v) is 16.6. The monoisotopic (exact) mass is 1770 g/mol. The van der Waals surface area contributed by atoms with Crippen molar-refractivity contribution in [3.63, 3.8) is 0 Å². The van der Waals surface area contributed by atoms with Crippen LogP contribution in [0.5, 0.6) is 5.75 Å². The Hall–Kier alpha value is -13.1. The summed E-state index contributed by atoms with van der Waals surface area (Å²) in [5.74, 6) is -15.5. The number of H-pyrrole nitrogens is 1. The van der Waals surface area contributed by atoms with Crippen molar-refractivity contribution < 1.29 is 82.1 Å². The molecule has 5 aromatic carbocycles. The van der Waals surface area contributed by atoms with E-state index in [9.17, 15) is 43.8 Å². The molecule has 0 radical (unpaired) electrons. The molecule has 0 unspecified atom stereocenters. The molecule has 1 saturated carbocycles. The summed E-state index contributed by atoms with van der Waals surface area (Å²) in [7, 11) is 5.42. The average Bonchev–Trinajstić information content (AvgIpc) is 1.69. The number of aromatic hydroxyl groups is 1. The number of nitrogens with two attached hydrogens (primary N) is 1. The Morgan fingerprint density at radius 2 is 1.08 bits per heavy atom. The molecule has 3 heterocycles. The number of primary amides is 1. The number of likely N-dealkylation sites (N-methyl/N-ethyl adjacent to an activating group) is 4. The second kappa shape index (κ2) is 46.8. The minimum Gasteiger partial charge on any atom is -0.508 e. The molecule has 10 atom stereocenters. The number of phenols is 1. The molecular weight excluding hydrogens is 1650 g/mol. The molecule has 9 rings (SSSR count). The third-order valence-electron chi connectivity index (χ3n) is 22.6. The first-order valence-electron chi connectivity index (χ1n) is 42.7. The smallest absolute Gasteiger partial charge is 0.305 e. The van der Waals surface area contributed by atoms with Crippen LogP contribution in [0, 0.1) is 11.8 Å². The number of hydrogen-bond donors (Lipinski definition) is 13. The van der Waals surface area contributed by atoms with E-state index in [0.717, 1.165) is 28.0 Å². The number of carboxylic acids is 1. The highest BCUT2D eigenvalue weighted by molar-refractivity contribution is 8.00. The zero-order valence-electron chi connectivity index (χ0n) is 73.0. The first-order chi connectivity index (χ1) is 60.6. The third kappa shape index (κ3) is 28.0. The van der Waals surface area contributed by atoms with Crippen LogP contribution in [0.1, 0.15) is 132 Å². The van der Waals surface area contributed by atoms with Crippen LogP contribution in [-0.4, -0.2) is 257 Å². The maximum Gasteiger partial charge on any atom is 0.305 e. The first kappa shape index (κ1) is 97.7. The van der Waals surface area contributed by atoms with Gasteiger partial charge in [0.2, 0.25) is 82.7 Å². The molecule has 2 aliphatic rings. The number of aliphatic carboxylic acids is 1. The number of rotatable bonds is 21. The Balaban J connectivity index is 1.11. The minimum absolute atomic E-state index is 0.0430. The summed E-state index contributed by atoms with van der Waals surface area (Å²) in [4.78, 5) is 228. The van der Waals surface area contributed by atoms with Crippen molar-refractivity contribution in [3.05, 3.63) is 179 Å². The van der Waals surface area contributed by atoms with Gasteiger partial charge in [0.05, 0.1) is 25.3 Å². The highest BCUT2D eigenvalue weighted by Gasteiger charge is 2.46. The summed E-state index contributed by atoms with van der Waals surface area (Å²) in [6, 6.07) is 24.3. The van der Waals surface area contributed by atoms with Crippen molar-refractivity contribution in [1.29, 1.82) is 0 Å². The zero-order chi connectivity index (χ0) is 92.2. The molecule has 14 amide bonds. The van der Waals surface area contributed by atoms with Crippen LogP contribution in [0.3, 0.4) is 0 Å². The lowest BCUT2D eigenvalue weighted by molar-refractivity contribution is -0.151. The number of amides is 14. The van der Waals surface area contributed by atoms with Gasteiger partial charge in [-0.2, -0.15) is 0 Å². The molecule has 1 aliphatic heterocycles. The number of para-hydroxylation sites is 1. The van der Waals surface area contributed by atoms with Crippen LogP contribution in [0.2, 0.25) is 0 Å². The Bertz CT molecular complexity index is 4990. The average molecular weight is 1770 g/mol. The summed E-state index contributed by atoms with van der Waals surface area (Å²) in [6.07, 6.45) is 3.01. The molecule has 0 bridgehead atoms. The van der Waals surface area contributed by atoms with Crippen molar-refractivity contribution in [3.8, 4) is 5.75 Å². The predicted molar refractivity (Wildman–Crippen MR) is 471 cm³/mol. The SMILES string of the molecule is CCCC[C@H]1C(=O)N(C)CC(=O)N[C@@H](CC(=O)O)C(=O)N[C@@H](C(C)C)C(=O)N(C)[C@@H](Cc2ccccc2)C(=O)NC2(CCCCC2)c2nnnn2CC(=O)N[C@@H](Cc2c[nH]c3ccccc23)C(=O)N[C@@H](Cc2ccc(O)cc2)C(=O)N[C@@H](CC(C)C)C(=O)N[C@H](C(=O)NCC(N)=O)CSCC(=O)N[C@@H](Cc2ccccc2)C(=O)N(C)[C@@H](Cc2ccccc2)C(=O)N1C. The van der Waals surface area contributed by atoms with Crippen molar-refractivity contribution >= 4 is 111 Å². The number of benzene rings is 5. The second-order valence-corrected chi connectivity index (χ2v) is 34.3. The van der Waals surface area contributed by atoms with Gasteiger partial charge in [-0.3, -0.25) is 71.9 Å². The number of aromatic nitrogens is 5. The summed E-state index contributed by atoms with van der Waals surface area (Å²) in [5.41, 5.74) is 7.54.